The van der Waals surface area contributed by atoms with Gasteiger partial charge in [0, 0.05) is 35.5 Å². The first-order valence-corrected chi connectivity index (χ1v) is 9.97. The number of pyridine rings is 1. The van der Waals surface area contributed by atoms with Gasteiger partial charge in [-0.2, -0.15) is 0 Å². The summed E-state index contributed by atoms with van der Waals surface area (Å²) in [5.74, 6) is 0.788. The molecule has 0 aliphatic carbocycles. The van der Waals surface area contributed by atoms with Gasteiger partial charge >= 0.3 is 0 Å². The standard InChI is InChI=1S/C23H21ClN2O3/c1-29-19-6-2-15(3-7-19)22(27)16-10-12-26(13-11-16)23(28)18-4-8-20-17(14-18)5-9-21(24)25-20/h2-9,14,16H,10-13H2,1H3. The summed E-state index contributed by atoms with van der Waals surface area (Å²) in [6, 6.07) is 16.2. The summed E-state index contributed by atoms with van der Waals surface area (Å²) >= 11 is 5.92. The van der Waals surface area contributed by atoms with Gasteiger partial charge in [0.25, 0.3) is 5.91 Å². The van der Waals surface area contributed by atoms with Crippen molar-refractivity contribution in [3.05, 3.63) is 70.9 Å². The molecule has 1 amide bonds. The summed E-state index contributed by atoms with van der Waals surface area (Å²) in [5.41, 5.74) is 2.08. The average molecular weight is 409 g/mol. The maximum atomic E-state index is 12.9. The zero-order chi connectivity index (χ0) is 20.4. The Labute approximate surface area is 174 Å². The smallest absolute Gasteiger partial charge is 0.253 e. The van der Waals surface area contributed by atoms with Crippen LogP contribution in [0.15, 0.2) is 54.6 Å². The van der Waals surface area contributed by atoms with Crippen molar-refractivity contribution in [1.82, 2.24) is 9.88 Å². The number of carbonyl (C=O) groups excluding carboxylic acids is 2. The predicted octanol–water partition coefficient (Wildman–Crippen LogP) is 4.63. The third-order valence-electron chi connectivity index (χ3n) is 5.43. The molecule has 0 N–H and O–H groups in total. The van der Waals surface area contributed by atoms with Crippen LogP contribution in [0, 0.1) is 5.92 Å². The Morgan fingerprint density at radius 1 is 1.00 bits per heavy atom. The van der Waals surface area contributed by atoms with Gasteiger partial charge in [-0.3, -0.25) is 9.59 Å². The fourth-order valence-electron chi connectivity index (χ4n) is 3.75. The van der Waals surface area contributed by atoms with E-state index in [1.54, 1.807) is 43.5 Å². The van der Waals surface area contributed by atoms with E-state index in [4.69, 9.17) is 16.3 Å². The zero-order valence-corrected chi connectivity index (χ0v) is 16.9. The van der Waals surface area contributed by atoms with E-state index >= 15 is 0 Å². The lowest BCUT2D eigenvalue weighted by Gasteiger charge is -2.31. The molecule has 148 valence electrons. The minimum atomic E-state index is -0.0598. The van der Waals surface area contributed by atoms with E-state index in [2.05, 4.69) is 4.98 Å². The van der Waals surface area contributed by atoms with Crippen molar-refractivity contribution in [3.8, 4) is 5.75 Å². The highest BCUT2D eigenvalue weighted by atomic mass is 35.5. The fraction of sp³-hybridized carbons (Fsp3) is 0.261. The molecule has 2 aromatic carbocycles. The minimum Gasteiger partial charge on any atom is -0.497 e. The number of nitrogens with zero attached hydrogens (tertiary/aromatic N) is 2. The third kappa shape index (κ3) is 4.10. The molecule has 1 aliphatic heterocycles. The number of aromatic nitrogens is 1. The largest absolute Gasteiger partial charge is 0.497 e. The van der Waals surface area contributed by atoms with E-state index in [0.717, 1.165) is 16.7 Å². The molecule has 5 nitrogen and oxygen atoms in total. The molecule has 1 aromatic heterocycles. The van der Waals surface area contributed by atoms with Gasteiger partial charge in [-0.15, -0.1) is 0 Å². The number of methoxy groups -OCH3 is 1. The highest BCUT2D eigenvalue weighted by Gasteiger charge is 2.28. The van der Waals surface area contributed by atoms with Crippen LogP contribution in [0.1, 0.15) is 33.6 Å². The van der Waals surface area contributed by atoms with Crippen molar-refractivity contribution in [2.75, 3.05) is 20.2 Å². The number of fused-ring (bicyclic) bond motifs is 1. The molecule has 1 aliphatic rings. The molecule has 3 aromatic rings. The number of hydrogen-bond acceptors (Lipinski definition) is 4. The van der Waals surface area contributed by atoms with Crippen LogP contribution in [0.4, 0.5) is 0 Å². The predicted molar refractivity (Wildman–Crippen MR) is 113 cm³/mol. The monoisotopic (exact) mass is 408 g/mol. The van der Waals surface area contributed by atoms with E-state index in [-0.39, 0.29) is 17.6 Å². The van der Waals surface area contributed by atoms with Crippen molar-refractivity contribution in [2.24, 2.45) is 5.92 Å². The van der Waals surface area contributed by atoms with Crippen LogP contribution in [0.3, 0.4) is 0 Å². The number of benzene rings is 2. The molecule has 1 fully saturated rings. The van der Waals surface area contributed by atoms with Crippen LogP contribution >= 0.6 is 11.6 Å². The third-order valence-corrected chi connectivity index (χ3v) is 5.64. The molecule has 0 unspecified atom stereocenters. The first-order chi connectivity index (χ1) is 14.0. The summed E-state index contributed by atoms with van der Waals surface area (Å²) in [7, 11) is 1.60. The Morgan fingerprint density at radius 2 is 1.69 bits per heavy atom. The lowest BCUT2D eigenvalue weighted by Crippen LogP contribution is -2.40. The van der Waals surface area contributed by atoms with E-state index in [1.807, 2.05) is 23.1 Å². The lowest BCUT2D eigenvalue weighted by atomic mass is 9.88. The number of ether oxygens (including phenoxy) is 1. The van der Waals surface area contributed by atoms with Gasteiger partial charge in [0.1, 0.15) is 10.9 Å². The van der Waals surface area contributed by atoms with Crippen LogP contribution < -0.4 is 4.74 Å². The Kier molecular flexibility index (Phi) is 5.49. The molecule has 0 radical (unpaired) electrons. The normalized spacial score (nSPS) is 14.8. The topological polar surface area (TPSA) is 59.5 Å². The van der Waals surface area contributed by atoms with Crippen molar-refractivity contribution in [1.29, 1.82) is 0 Å². The van der Waals surface area contributed by atoms with Crippen molar-refractivity contribution in [3.63, 3.8) is 0 Å². The SMILES string of the molecule is COc1ccc(C(=O)C2CCN(C(=O)c3ccc4nc(Cl)ccc4c3)CC2)cc1. The second-order valence-electron chi connectivity index (χ2n) is 7.20. The van der Waals surface area contributed by atoms with Gasteiger partial charge in [0.05, 0.1) is 12.6 Å². The number of piperidine rings is 1. The number of Topliss-reactive ketones (excluding diaryl/α,β-unsaturated/α-hetero) is 1. The first kappa shape index (κ1) is 19.4. The Bertz CT molecular complexity index is 1060. The number of likely N-dealkylation sites (tertiary alicyclic amines) is 1. The molecule has 0 spiro atoms. The molecule has 0 bridgehead atoms. The second kappa shape index (κ2) is 8.21. The molecule has 1 saturated heterocycles. The molecule has 6 heteroatoms. The molecule has 0 atom stereocenters. The van der Waals surface area contributed by atoms with Gasteiger partial charge in [0.2, 0.25) is 0 Å². The average Bonchev–Trinajstić information content (AvgIpc) is 2.78. The van der Waals surface area contributed by atoms with Crippen LogP contribution in [0.2, 0.25) is 5.15 Å². The van der Waals surface area contributed by atoms with Crippen LogP contribution in [-0.2, 0) is 0 Å². The number of halogens is 1. The van der Waals surface area contributed by atoms with Crippen LogP contribution in [-0.4, -0.2) is 41.8 Å². The number of hydrogen-bond donors (Lipinski definition) is 0. The number of rotatable bonds is 4. The van der Waals surface area contributed by atoms with Gasteiger partial charge < -0.3 is 9.64 Å². The van der Waals surface area contributed by atoms with Gasteiger partial charge in [-0.05, 0) is 67.4 Å². The fourth-order valence-corrected chi connectivity index (χ4v) is 3.91. The quantitative estimate of drug-likeness (QED) is 0.466. The van der Waals surface area contributed by atoms with E-state index in [0.29, 0.717) is 42.2 Å². The van der Waals surface area contributed by atoms with E-state index in [1.165, 1.54) is 0 Å². The summed E-state index contributed by atoms with van der Waals surface area (Å²) in [4.78, 5) is 31.7. The van der Waals surface area contributed by atoms with Gasteiger partial charge in [0.15, 0.2) is 5.78 Å². The molecule has 4 rings (SSSR count). The number of ketones is 1. The van der Waals surface area contributed by atoms with Crippen molar-refractivity contribution < 1.29 is 14.3 Å². The van der Waals surface area contributed by atoms with Crippen molar-refractivity contribution >= 4 is 34.2 Å². The summed E-state index contributed by atoms with van der Waals surface area (Å²) in [5, 5.41) is 1.31. The second-order valence-corrected chi connectivity index (χ2v) is 7.59. The van der Waals surface area contributed by atoms with Crippen LogP contribution in [0.5, 0.6) is 5.75 Å². The van der Waals surface area contributed by atoms with E-state index < -0.39 is 0 Å². The Morgan fingerprint density at radius 3 is 2.38 bits per heavy atom. The number of carbonyl (C=O) groups is 2. The maximum absolute atomic E-state index is 12.9. The highest BCUT2D eigenvalue weighted by molar-refractivity contribution is 6.29. The molecular weight excluding hydrogens is 388 g/mol. The summed E-state index contributed by atoms with van der Waals surface area (Å²) in [6.45, 7) is 1.14. The first-order valence-electron chi connectivity index (χ1n) is 9.59. The molecular formula is C23H21ClN2O3. The maximum Gasteiger partial charge on any atom is 0.253 e. The Balaban J connectivity index is 1.41. The lowest BCUT2D eigenvalue weighted by molar-refractivity contribution is 0.0650. The highest BCUT2D eigenvalue weighted by Crippen LogP contribution is 2.25. The molecule has 29 heavy (non-hydrogen) atoms. The summed E-state index contributed by atoms with van der Waals surface area (Å²) in [6.07, 6.45) is 1.34. The minimum absolute atomic E-state index is 0.0165. The van der Waals surface area contributed by atoms with E-state index in [9.17, 15) is 9.59 Å². The van der Waals surface area contributed by atoms with Crippen LogP contribution in [0.25, 0.3) is 10.9 Å². The zero-order valence-electron chi connectivity index (χ0n) is 16.1. The van der Waals surface area contributed by atoms with Gasteiger partial charge in [-0.1, -0.05) is 11.6 Å². The molecule has 2 heterocycles. The summed E-state index contributed by atoms with van der Waals surface area (Å²) < 4.78 is 5.14. The molecule has 0 saturated carbocycles. The Hall–Kier alpha value is -2.92. The van der Waals surface area contributed by atoms with Crippen molar-refractivity contribution in [2.45, 2.75) is 12.8 Å². The number of amides is 1. The van der Waals surface area contributed by atoms with Gasteiger partial charge in [-0.25, -0.2) is 4.98 Å².